The summed E-state index contributed by atoms with van der Waals surface area (Å²) in [5.41, 5.74) is -0.130. The van der Waals surface area contributed by atoms with Gasteiger partial charge in [0.05, 0.1) is 18.7 Å². The highest BCUT2D eigenvalue weighted by Crippen LogP contribution is 2.20. The van der Waals surface area contributed by atoms with E-state index in [-0.39, 0.29) is 5.56 Å². The molecular weight excluding hydrogens is 237 g/mol. The van der Waals surface area contributed by atoms with Crippen molar-refractivity contribution in [3.05, 3.63) is 35.6 Å². The van der Waals surface area contributed by atoms with Gasteiger partial charge in [0.25, 0.3) is 0 Å². The first-order chi connectivity index (χ1) is 8.52. The Morgan fingerprint density at radius 3 is 2.50 bits per heavy atom. The minimum atomic E-state index is -1.23. The molecular formula is C13H12FNO3. The van der Waals surface area contributed by atoms with E-state index in [1.54, 1.807) is 6.07 Å². The summed E-state index contributed by atoms with van der Waals surface area (Å²) < 4.78 is 17.9. The van der Waals surface area contributed by atoms with E-state index in [1.165, 1.54) is 25.1 Å². The number of halogens is 1. The number of hydrogen-bond acceptors (Lipinski definition) is 4. The lowest BCUT2D eigenvalue weighted by Gasteiger charge is -2.14. The third-order valence-electron chi connectivity index (χ3n) is 2.65. The standard InChI is InChI=1S/C13H12FNO3/c1-8(10(7-15)13(17)18-2)12(16)9-5-3-4-6-11(9)14/h3-6,8,10H,1-2H3/t8-,10+/m0/s1. The maximum atomic E-state index is 13.4. The molecule has 5 heteroatoms. The van der Waals surface area contributed by atoms with Crippen molar-refractivity contribution in [3.63, 3.8) is 0 Å². The number of nitriles is 1. The predicted octanol–water partition coefficient (Wildman–Crippen LogP) is 1.96. The zero-order valence-electron chi connectivity index (χ0n) is 10.0. The molecule has 1 aromatic carbocycles. The predicted molar refractivity (Wildman–Crippen MR) is 61.0 cm³/mol. The lowest BCUT2D eigenvalue weighted by atomic mass is 9.88. The smallest absolute Gasteiger partial charge is 0.323 e. The van der Waals surface area contributed by atoms with Crippen LogP contribution in [0.1, 0.15) is 17.3 Å². The van der Waals surface area contributed by atoms with E-state index in [9.17, 15) is 14.0 Å². The number of ketones is 1. The maximum absolute atomic E-state index is 13.4. The van der Waals surface area contributed by atoms with Gasteiger partial charge in [-0.1, -0.05) is 19.1 Å². The highest BCUT2D eigenvalue weighted by molar-refractivity contribution is 6.00. The molecule has 0 radical (unpaired) electrons. The fraction of sp³-hybridized carbons (Fsp3) is 0.308. The second-order valence-electron chi connectivity index (χ2n) is 3.76. The molecule has 0 N–H and O–H groups in total. The van der Waals surface area contributed by atoms with Gasteiger partial charge in [-0.15, -0.1) is 0 Å². The Bertz CT molecular complexity index is 507. The molecule has 0 aliphatic heterocycles. The van der Waals surface area contributed by atoms with Gasteiger partial charge in [0.2, 0.25) is 0 Å². The van der Waals surface area contributed by atoms with Crippen molar-refractivity contribution < 1.29 is 18.7 Å². The number of methoxy groups -OCH3 is 1. The highest BCUT2D eigenvalue weighted by atomic mass is 19.1. The summed E-state index contributed by atoms with van der Waals surface area (Å²) in [5, 5.41) is 8.87. The summed E-state index contributed by atoms with van der Waals surface area (Å²) in [5.74, 6) is -4.25. The third kappa shape index (κ3) is 2.72. The van der Waals surface area contributed by atoms with Crippen LogP contribution in [0, 0.1) is 29.0 Å². The van der Waals surface area contributed by atoms with Gasteiger partial charge in [-0.2, -0.15) is 5.26 Å². The van der Waals surface area contributed by atoms with Crippen LogP contribution in [0.4, 0.5) is 4.39 Å². The molecule has 4 nitrogen and oxygen atoms in total. The zero-order valence-corrected chi connectivity index (χ0v) is 10.0. The molecule has 0 saturated heterocycles. The van der Waals surface area contributed by atoms with E-state index in [0.717, 1.165) is 13.2 Å². The molecule has 0 bridgehead atoms. The van der Waals surface area contributed by atoms with Gasteiger partial charge in [-0.05, 0) is 12.1 Å². The molecule has 0 amide bonds. The Kier molecular flexibility index (Phi) is 4.55. The fourth-order valence-corrected chi connectivity index (χ4v) is 1.55. The summed E-state index contributed by atoms with van der Waals surface area (Å²) in [6.45, 7) is 1.40. The van der Waals surface area contributed by atoms with Crippen LogP contribution < -0.4 is 0 Å². The van der Waals surface area contributed by atoms with Gasteiger partial charge in [-0.3, -0.25) is 9.59 Å². The molecule has 94 valence electrons. The molecule has 0 unspecified atom stereocenters. The molecule has 0 heterocycles. The Labute approximate surface area is 104 Å². The number of nitrogens with zero attached hydrogens (tertiary/aromatic N) is 1. The molecule has 0 saturated carbocycles. The quantitative estimate of drug-likeness (QED) is 0.604. The SMILES string of the molecule is COC(=O)[C@H](C#N)[C@H](C)C(=O)c1ccccc1F. The number of carbonyl (C=O) groups excluding carboxylic acids is 2. The first-order valence-electron chi connectivity index (χ1n) is 5.29. The summed E-state index contributed by atoms with van der Waals surface area (Å²) in [4.78, 5) is 23.3. The van der Waals surface area contributed by atoms with Gasteiger partial charge < -0.3 is 4.74 Å². The topological polar surface area (TPSA) is 67.2 Å². The van der Waals surface area contributed by atoms with Crippen LogP contribution in [-0.4, -0.2) is 18.9 Å². The fourth-order valence-electron chi connectivity index (χ4n) is 1.55. The molecule has 1 aromatic rings. The lowest BCUT2D eigenvalue weighted by molar-refractivity contribution is -0.144. The van der Waals surface area contributed by atoms with Gasteiger partial charge in [-0.25, -0.2) is 4.39 Å². The molecule has 0 aliphatic carbocycles. The average Bonchev–Trinajstić information content (AvgIpc) is 2.38. The van der Waals surface area contributed by atoms with Gasteiger partial charge in [0.15, 0.2) is 11.7 Å². The molecule has 1 rings (SSSR count). The van der Waals surface area contributed by atoms with Crippen LogP contribution in [0.3, 0.4) is 0 Å². The van der Waals surface area contributed by atoms with Crippen LogP contribution in [0.5, 0.6) is 0 Å². The van der Waals surface area contributed by atoms with Crippen LogP contribution >= 0.6 is 0 Å². The minimum Gasteiger partial charge on any atom is -0.468 e. The number of rotatable bonds is 4. The highest BCUT2D eigenvalue weighted by Gasteiger charge is 2.32. The van der Waals surface area contributed by atoms with Crippen molar-refractivity contribution in [1.82, 2.24) is 0 Å². The number of esters is 1. The monoisotopic (exact) mass is 249 g/mol. The number of hydrogen-bond donors (Lipinski definition) is 0. The summed E-state index contributed by atoms with van der Waals surface area (Å²) in [7, 11) is 1.13. The van der Waals surface area contributed by atoms with Crippen molar-refractivity contribution in [2.24, 2.45) is 11.8 Å². The molecule has 0 fully saturated rings. The first kappa shape index (κ1) is 13.8. The molecule has 0 spiro atoms. The molecule has 2 atom stereocenters. The van der Waals surface area contributed by atoms with Gasteiger partial charge >= 0.3 is 5.97 Å². The lowest BCUT2D eigenvalue weighted by Crippen LogP contribution is -2.28. The number of carbonyl (C=O) groups is 2. The van der Waals surface area contributed by atoms with Crippen molar-refractivity contribution >= 4 is 11.8 Å². The average molecular weight is 249 g/mol. The summed E-state index contributed by atoms with van der Waals surface area (Å²) in [6, 6.07) is 7.15. The van der Waals surface area contributed by atoms with Crippen LogP contribution in [-0.2, 0) is 9.53 Å². The van der Waals surface area contributed by atoms with Crippen LogP contribution in [0.25, 0.3) is 0 Å². The Hall–Kier alpha value is -2.22. The third-order valence-corrected chi connectivity index (χ3v) is 2.65. The number of Topliss-reactive ketones (excluding diaryl/α,β-unsaturated/α-hetero) is 1. The first-order valence-corrected chi connectivity index (χ1v) is 5.29. The Balaban J connectivity index is 3.01. The van der Waals surface area contributed by atoms with Crippen LogP contribution in [0.2, 0.25) is 0 Å². The van der Waals surface area contributed by atoms with Crippen molar-refractivity contribution in [2.45, 2.75) is 6.92 Å². The van der Waals surface area contributed by atoms with Gasteiger partial charge in [0, 0.05) is 5.92 Å². The van der Waals surface area contributed by atoms with E-state index < -0.39 is 29.4 Å². The van der Waals surface area contributed by atoms with Gasteiger partial charge in [0.1, 0.15) is 5.82 Å². The van der Waals surface area contributed by atoms with Crippen molar-refractivity contribution in [2.75, 3.05) is 7.11 Å². The van der Waals surface area contributed by atoms with Crippen molar-refractivity contribution in [3.8, 4) is 6.07 Å². The van der Waals surface area contributed by atoms with Crippen molar-refractivity contribution in [1.29, 1.82) is 5.26 Å². The zero-order chi connectivity index (χ0) is 13.7. The molecule has 18 heavy (non-hydrogen) atoms. The molecule has 0 aliphatic rings. The van der Waals surface area contributed by atoms with E-state index >= 15 is 0 Å². The summed E-state index contributed by atoms with van der Waals surface area (Å²) in [6.07, 6.45) is 0. The Morgan fingerprint density at radius 2 is 2.00 bits per heavy atom. The Morgan fingerprint density at radius 1 is 1.39 bits per heavy atom. The summed E-state index contributed by atoms with van der Waals surface area (Å²) >= 11 is 0. The maximum Gasteiger partial charge on any atom is 0.323 e. The number of benzene rings is 1. The van der Waals surface area contributed by atoms with E-state index in [1.807, 2.05) is 0 Å². The van der Waals surface area contributed by atoms with E-state index in [2.05, 4.69) is 4.74 Å². The van der Waals surface area contributed by atoms with E-state index in [4.69, 9.17) is 5.26 Å². The number of ether oxygens (including phenoxy) is 1. The minimum absolute atomic E-state index is 0.130. The normalized spacial score (nSPS) is 13.2. The largest absolute Gasteiger partial charge is 0.468 e. The second kappa shape index (κ2) is 5.92. The second-order valence-corrected chi connectivity index (χ2v) is 3.76. The molecule has 0 aromatic heterocycles. The van der Waals surface area contributed by atoms with Crippen LogP contribution in [0.15, 0.2) is 24.3 Å². The van der Waals surface area contributed by atoms with E-state index in [0.29, 0.717) is 0 Å².